The van der Waals surface area contributed by atoms with Crippen molar-refractivity contribution in [2.24, 2.45) is 7.05 Å². The molecule has 4 rings (SSSR count). The summed E-state index contributed by atoms with van der Waals surface area (Å²) < 4.78 is 6.74. The van der Waals surface area contributed by atoms with Crippen LogP contribution >= 0.6 is 0 Å². The van der Waals surface area contributed by atoms with Gasteiger partial charge in [-0.05, 0) is 26.7 Å². The van der Waals surface area contributed by atoms with Crippen LogP contribution in [0.1, 0.15) is 24.3 Å². The van der Waals surface area contributed by atoms with Gasteiger partial charge in [0.2, 0.25) is 5.91 Å². The van der Waals surface area contributed by atoms with Crippen molar-refractivity contribution >= 4 is 23.6 Å². The van der Waals surface area contributed by atoms with Gasteiger partial charge in [0.1, 0.15) is 11.6 Å². The number of hydrogen-bond donors (Lipinski definition) is 1. The molecular formula is C19H27N7O3. The van der Waals surface area contributed by atoms with Gasteiger partial charge in [-0.1, -0.05) is 5.16 Å². The molecular weight excluding hydrogens is 374 g/mol. The van der Waals surface area contributed by atoms with Crippen LogP contribution in [0.4, 0.5) is 16.4 Å². The SMILES string of the molecule is Cc1cc(N2CCC[C@@H](N3CCN(C(=O)Nc4cc(C)on4)CC3)C2=O)n(C)n1. The minimum atomic E-state index is -0.195. The second-order valence-corrected chi connectivity index (χ2v) is 7.69. The van der Waals surface area contributed by atoms with E-state index in [1.165, 1.54) is 0 Å². The highest BCUT2D eigenvalue weighted by molar-refractivity contribution is 5.97. The third-order valence-electron chi connectivity index (χ3n) is 5.57. The molecule has 1 atom stereocenters. The van der Waals surface area contributed by atoms with E-state index in [1.54, 1.807) is 22.6 Å². The molecule has 2 fully saturated rings. The maximum absolute atomic E-state index is 13.2. The normalized spacial score (nSPS) is 20.9. The molecule has 10 heteroatoms. The largest absolute Gasteiger partial charge is 0.360 e. The zero-order valence-corrected chi connectivity index (χ0v) is 17.1. The van der Waals surface area contributed by atoms with Gasteiger partial charge in [0.25, 0.3) is 0 Å². The number of nitrogens with zero attached hydrogens (tertiary/aromatic N) is 6. The second kappa shape index (κ2) is 7.86. The van der Waals surface area contributed by atoms with E-state index in [2.05, 4.69) is 20.5 Å². The highest BCUT2D eigenvalue weighted by Crippen LogP contribution is 2.25. The van der Waals surface area contributed by atoms with Crippen LogP contribution in [0.15, 0.2) is 16.7 Å². The van der Waals surface area contributed by atoms with E-state index >= 15 is 0 Å². The smallest absolute Gasteiger partial charge is 0.323 e. The average Bonchev–Trinajstić information content (AvgIpc) is 3.26. The zero-order chi connectivity index (χ0) is 20.5. The number of piperazine rings is 1. The highest BCUT2D eigenvalue weighted by atomic mass is 16.5. The van der Waals surface area contributed by atoms with Crippen LogP contribution < -0.4 is 10.2 Å². The fourth-order valence-corrected chi connectivity index (χ4v) is 4.12. The molecule has 1 N–H and O–H groups in total. The second-order valence-electron chi connectivity index (χ2n) is 7.69. The summed E-state index contributed by atoms with van der Waals surface area (Å²) in [6, 6.07) is 3.29. The lowest BCUT2D eigenvalue weighted by molar-refractivity contribution is -0.126. The summed E-state index contributed by atoms with van der Waals surface area (Å²) in [6.45, 7) is 6.89. The summed E-state index contributed by atoms with van der Waals surface area (Å²) in [6.07, 6.45) is 1.80. The molecule has 0 radical (unpaired) electrons. The Morgan fingerprint density at radius 1 is 1.17 bits per heavy atom. The van der Waals surface area contributed by atoms with Crippen molar-refractivity contribution in [1.82, 2.24) is 24.7 Å². The molecule has 4 heterocycles. The van der Waals surface area contributed by atoms with Crippen LogP contribution in [-0.4, -0.2) is 75.4 Å². The number of aryl methyl sites for hydroxylation is 3. The molecule has 0 aliphatic carbocycles. The summed E-state index contributed by atoms with van der Waals surface area (Å²) in [4.78, 5) is 31.4. The molecule has 10 nitrogen and oxygen atoms in total. The molecule has 2 aliphatic rings. The van der Waals surface area contributed by atoms with E-state index in [0.717, 1.165) is 24.4 Å². The molecule has 0 bridgehead atoms. The van der Waals surface area contributed by atoms with Crippen LogP contribution in [0.2, 0.25) is 0 Å². The Kier molecular flexibility index (Phi) is 5.27. The van der Waals surface area contributed by atoms with Gasteiger partial charge in [0, 0.05) is 51.9 Å². The summed E-state index contributed by atoms with van der Waals surface area (Å²) >= 11 is 0. The van der Waals surface area contributed by atoms with Gasteiger partial charge in [-0.25, -0.2) is 4.79 Å². The van der Waals surface area contributed by atoms with E-state index in [0.29, 0.717) is 44.3 Å². The molecule has 2 aliphatic heterocycles. The minimum Gasteiger partial charge on any atom is -0.360 e. The number of carbonyl (C=O) groups excluding carboxylic acids is 2. The molecule has 0 aromatic carbocycles. The number of nitrogens with one attached hydrogen (secondary N) is 1. The Morgan fingerprint density at radius 2 is 1.93 bits per heavy atom. The number of carbonyl (C=O) groups is 2. The Morgan fingerprint density at radius 3 is 2.55 bits per heavy atom. The third-order valence-corrected chi connectivity index (χ3v) is 5.57. The lowest BCUT2D eigenvalue weighted by Crippen LogP contribution is -2.59. The van der Waals surface area contributed by atoms with Crippen LogP contribution in [0, 0.1) is 13.8 Å². The molecule has 2 aromatic heterocycles. The quantitative estimate of drug-likeness (QED) is 0.834. The first-order valence-corrected chi connectivity index (χ1v) is 9.97. The first-order chi connectivity index (χ1) is 13.9. The first kappa shape index (κ1) is 19.4. The predicted molar refractivity (Wildman–Crippen MR) is 107 cm³/mol. The maximum atomic E-state index is 13.2. The summed E-state index contributed by atoms with van der Waals surface area (Å²) in [5.41, 5.74) is 0.902. The van der Waals surface area contributed by atoms with Gasteiger partial charge in [-0.3, -0.25) is 24.6 Å². The van der Waals surface area contributed by atoms with Crippen LogP contribution in [0.3, 0.4) is 0 Å². The van der Waals surface area contributed by atoms with Crippen molar-refractivity contribution in [3.8, 4) is 0 Å². The Bertz CT molecular complexity index is 898. The van der Waals surface area contributed by atoms with Crippen LogP contribution in [-0.2, 0) is 11.8 Å². The Hall–Kier alpha value is -2.88. The topological polar surface area (TPSA) is 99.7 Å². The van der Waals surface area contributed by atoms with E-state index in [4.69, 9.17) is 4.52 Å². The van der Waals surface area contributed by atoms with Gasteiger partial charge in [0.05, 0.1) is 11.7 Å². The predicted octanol–water partition coefficient (Wildman–Crippen LogP) is 1.37. The average molecular weight is 401 g/mol. The number of urea groups is 1. The number of amides is 3. The summed E-state index contributed by atoms with van der Waals surface area (Å²) in [7, 11) is 1.87. The van der Waals surface area contributed by atoms with Crippen LogP contribution in [0.5, 0.6) is 0 Å². The summed E-state index contributed by atoms with van der Waals surface area (Å²) in [5, 5.41) is 10.9. The molecule has 0 unspecified atom stereocenters. The van der Waals surface area contributed by atoms with E-state index in [1.807, 2.05) is 24.9 Å². The lowest BCUT2D eigenvalue weighted by atomic mass is 10.0. The molecule has 156 valence electrons. The van der Waals surface area contributed by atoms with Gasteiger partial charge in [0.15, 0.2) is 5.82 Å². The molecule has 29 heavy (non-hydrogen) atoms. The van der Waals surface area contributed by atoms with Crippen molar-refractivity contribution in [1.29, 1.82) is 0 Å². The van der Waals surface area contributed by atoms with Crippen LogP contribution in [0.25, 0.3) is 0 Å². The number of piperidine rings is 1. The van der Waals surface area contributed by atoms with Gasteiger partial charge in [-0.2, -0.15) is 5.10 Å². The Balaban J connectivity index is 1.36. The maximum Gasteiger partial charge on any atom is 0.323 e. The van der Waals surface area contributed by atoms with Crippen molar-refractivity contribution < 1.29 is 14.1 Å². The van der Waals surface area contributed by atoms with Gasteiger partial charge >= 0.3 is 6.03 Å². The van der Waals surface area contributed by atoms with Crippen molar-refractivity contribution in [2.75, 3.05) is 42.9 Å². The molecule has 0 saturated carbocycles. The molecule has 2 saturated heterocycles. The monoisotopic (exact) mass is 401 g/mol. The standard InChI is InChI=1S/C19H27N7O3/c1-13-11-17(23(3)21-13)26-6-4-5-15(18(26)27)24-7-9-25(10-8-24)19(28)20-16-12-14(2)29-22-16/h11-12,15H,4-10H2,1-3H3,(H,20,22,28)/t15-/m1/s1. The van der Waals surface area contributed by atoms with Crippen molar-refractivity contribution in [2.45, 2.75) is 32.7 Å². The number of aromatic nitrogens is 3. The summed E-state index contributed by atoms with van der Waals surface area (Å²) in [5.74, 6) is 2.03. The Labute approximate surface area is 169 Å². The zero-order valence-electron chi connectivity index (χ0n) is 17.1. The van der Waals surface area contributed by atoms with E-state index in [9.17, 15) is 9.59 Å². The fraction of sp³-hybridized carbons (Fsp3) is 0.579. The fourth-order valence-electron chi connectivity index (χ4n) is 4.12. The van der Waals surface area contributed by atoms with E-state index < -0.39 is 0 Å². The third kappa shape index (κ3) is 3.98. The number of anilines is 2. The first-order valence-electron chi connectivity index (χ1n) is 9.97. The number of hydrogen-bond acceptors (Lipinski definition) is 6. The minimum absolute atomic E-state index is 0.121. The van der Waals surface area contributed by atoms with Crippen molar-refractivity contribution in [3.63, 3.8) is 0 Å². The molecule has 2 aromatic rings. The van der Waals surface area contributed by atoms with Crippen molar-refractivity contribution in [3.05, 3.63) is 23.6 Å². The number of rotatable bonds is 3. The molecule has 0 spiro atoms. The van der Waals surface area contributed by atoms with Gasteiger partial charge in [-0.15, -0.1) is 0 Å². The molecule has 3 amide bonds. The van der Waals surface area contributed by atoms with Gasteiger partial charge < -0.3 is 9.42 Å². The highest BCUT2D eigenvalue weighted by Gasteiger charge is 2.37. The van der Waals surface area contributed by atoms with E-state index in [-0.39, 0.29) is 18.0 Å². The lowest BCUT2D eigenvalue weighted by Gasteiger charge is -2.42.